The van der Waals surface area contributed by atoms with Crippen LogP contribution in [0.2, 0.25) is 5.02 Å². The number of rotatable bonds is 3. The predicted octanol–water partition coefficient (Wildman–Crippen LogP) is 4.80. The lowest BCUT2D eigenvalue weighted by atomic mass is 9.79. The van der Waals surface area contributed by atoms with Crippen molar-refractivity contribution in [2.24, 2.45) is 0 Å². The molecule has 7 heteroatoms. The first-order chi connectivity index (χ1) is 14.1. The molecular formula is C23H28ClN5O. The van der Waals surface area contributed by atoms with Gasteiger partial charge in [-0.15, -0.1) is 10.2 Å². The predicted molar refractivity (Wildman–Crippen MR) is 122 cm³/mol. The second kappa shape index (κ2) is 7.36. The summed E-state index contributed by atoms with van der Waals surface area (Å²) in [6.07, 6.45) is 3.63. The van der Waals surface area contributed by atoms with E-state index in [9.17, 15) is 5.11 Å². The molecule has 0 radical (unpaired) electrons. The molecule has 0 unspecified atom stereocenters. The minimum Gasteiger partial charge on any atom is -0.505 e. The number of piperidine rings is 1. The average molecular weight is 426 g/mol. The summed E-state index contributed by atoms with van der Waals surface area (Å²) < 4.78 is 0. The molecule has 1 saturated heterocycles. The molecule has 0 bridgehead atoms. The number of benzene rings is 1. The Hall–Kier alpha value is -2.44. The number of phenolic OH excluding ortho intramolecular Hbond substituents is 1. The minimum absolute atomic E-state index is 0.0548. The van der Waals surface area contributed by atoms with Gasteiger partial charge in [0.1, 0.15) is 5.52 Å². The number of nitrogens with zero attached hydrogens (tertiary/aromatic N) is 4. The Labute approximate surface area is 182 Å². The molecular weight excluding hydrogens is 398 g/mol. The van der Waals surface area contributed by atoms with Gasteiger partial charge in [-0.1, -0.05) is 17.7 Å². The van der Waals surface area contributed by atoms with Crippen molar-refractivity contribution in [1.82, 2.24) is 20.5 Å². The van der Waals surface area contributed by atoms with Crippen LogP contribution >= 0.6 is 11.6 Å². The molecule has 2 aromatic heterocycles. The first kappa shape index (κ1) is 20.8. The molecule has 1 fully saturated rings. The van der Waals surface area contributed by atoms with Crippen molar-refractivity contribution in [3.8, 4) is 17.0 Å². The summed E-state index contributed by atoms with van der Waals surface area (Å²) in [6, 6.07) is 9.56. The SMILES string of the molecule is CN(c1ccc(-c2ccc3c(Cl)ccnc3c2O)nn1)C1CC(C)(C)NC(C)(C)C1. The van der Waals surface area contributed by atoms with E-state index >= 15 is 0 Å². The standard InChI is InChI=1S/C23H28ClN5O/c1-22(2)12-14(13-23(3,4)28-22)29(5)19-9-8-18(26-27-19)16-7-6-15-17(24)10-11-25-20(15)21(16)30/h6-11,14,28,30H,12-13H2,1-5H3. The molecule has 6 nitrogen and oxygen atoms in total. The Balaban J connectivity index is 1.62. The third-order valence-electron chi connectivity index (χ3n) is 5.84. The van der Waals surface area contributed by atoms with E-state index in [0.717, 1.165) is 18.7 Å². The number of hydrogen-bond acceptors (Lipinski definition) is 6. The lowest BCUT2D eigenvalue weighted by Crippen LogP contribution is -2.62. The molecule has 1 aliphatic heterocycles. The fourth-order valence-electron chi connectivity index (χ4n) is 4.76. The van der Waals surface area contributed by atoms with E-state index in [0.29, 0.717) is 33.2 Å². The molecule has 3 aromatic rings. The van der Waals surface area contributed by atoms with Gasteiger partial charge in [0.05, 0.1) is 10.7 Å². The Morgan fingerprint density at radius 3 is 2.37 bits per heavy atom. The number of aromatic nitrogens is 3. The summed E-state index contributed by atoms with van der Waals surface area (Å²) in [6.45, 7) is 8.97. The number of phenols is 1. The maximum absolute atomic E-state index is 10.7. The Bertz CT molecular complexity index is 1060. The summed E-state index contributed by atoms with van der Waals surface area (Å²) in [5, 5.41) is 24.6. The van der Waals surface area contributed by atoms with Gasteiger partial charge < -0.3 is 15.3 Å². The van der Waals surface area contributed by atoms with Crippen molar-refractivity contribution in [2.75, 3.05) is 11.9 Å². The van der Waals surface area contributed by atoms with Gasteiger partial charge in [-0.25, -0.2) is 0 Å². The molecule has 3 heterocycles. The summed E-state index contributed by atoms with van der Waals surface area (Å²) >= 11 is 6.21. The largest absolute Gasteiger partial charge is 0.505 e. The minimum atomic E-state index is 0.0548. The van der Waals surface area contributed by atoms with Gasteiger partial charge in [0, 0.05) is 41.3 Å². The molecule has 2 N–H and O–H groups in total. The van der Waals surface area contributed by atoms with Crippen LogP contribution in [0, 0.1) is 0 Å². The van der Waals surface area contributed by atoms with Crippen molar-refractivity contribution < 1.29 is 5.11 Å². The van der Waals surface area contributed by atoms with Gasteiger partial charge >= 0.3 is 0 Å². The molecule has 0 spiro atoms. The molecule has 0 aliphatic carbocycles. The monoisotopic (exact) mass is 425 g/mol. The summed E-state index contributed by atoms with van der Waals surface area (Å²) in [7, 11) is 2.07. The van der Waals surface area contributed by atoms with Crippen molar-refractivity contribution in [3.05, 3.63) is 41.6 Å². The van der Waals surface area contributed by atoms with Crippen LogP contribution in [0.25, 0.3) is 22.2 Å². The number of anilines is 1. The van der Waals surface area contributed by atoms with E-state index in [1.165, 1.54) is 0 Å². The number of fused-ring (bicyclic) bond motifs is 1. The van der Waals surface area contributed by atoms with Crippen LogP contribution in [0.15, 0.2) is 36.5 Å². The average Bonchev–Trinajstić information content (AvgIpc) is 2.66. The van der Waals surface area contributed by atoms with E-state index in [-0.39, 0.29) is 16.8 Å². The van der Waals surface area contributed by atoms with E-state index < -0.39 is 0 Å². The summed E-state index contributed by atoms with van der Waals surface area (Å²) in [5.41, 5.74) is 1.75. The van der Waals surface area contributed by atoms with Gasteiger partial charge in [0.15, 0.2) is 11.6 Å². The van der Waals surface area contributed by atoms with Crippen LogP contribution < -0.4 is 10.2 Å². The molecule has 1 aliphatic rings. The number of halogens is 1. The van der Waals surface area contributed by atoms with Crippen LogP contribution in [0.1, 0.15) is 40.5 Å². The zero-order chi connectivity index (χ0) is 21.7. The zero-order valence-electron chi connectivity index (χ0n) is 18.1. The number of nitrogens with one attached hydrogen (secondary N) is 1. The Morgan fingerprint density at radius 1 is 1.03 bits per heavy atom. The number of pyridine rings is 1. The highest BCUT2D eigenvalue weighted by atomic mass is 35.5. The number of aromatic hydroxyl groups is 1. The van der Waals surface area contributed by atoms with Crippen molar-refractivity contribution in [2.45, 2.75) is 57.7 Å². The molecule has 4 rings (SSSR count). The maximum Gasteiger partial charge on any atom is 0.151 e. The van der Waals surface area contributed by atoms with Crippen LogP contribution in [0.5, 0.6) is 5.75 Å². The molecule has 0 saturated carbocycles. The Kier molecular flexibility index (Phi) is 5.11. The smallest absolute Gasteiger partial charge is 0.151 e. The second-order valence-electron chi connectivity index (χ2n) is 9.49. The van der Waals surface area contributed by atoms with Crippen LogP contribution in [-0.2, 0) is 0 Å². The molecule has 158 valence electrons. The third-order valence-corrected chi connectivity index (χ3v) is 6.17. The lowest BCUT2D eigenvalue weighted by molar-refractivity contribution is 0.160. The van der Waals surface area contributed by atoms with Gasteiger partial charge in [0.25, 0.3) is 0 Å². The van der Waals surface area contributed by atoms with Crippen LogP contribution in [0.3, 0.4) is 0 Å². The van der Waals surface area contributed by atoms with Crippen LogP contribution in [-0.4, -0.2) is 44.5 Å². The first-order valence-electron chi connectivity index (χ1n) is 10.2. The first-order valence-corrected chi connectivity index (χ1v) is 10.6. The summed E-state index contributed by atoms with van der Waals surface area (Å²) in [5.74, 6) is 0.881. The van der Waals surface area contributed by atoms with Crippen molar-refractivity contribution in [3.63, 3.8) is 0 Å². The van der Waals surface area contributed by atoms with Gasteiger partial charge in [-0.05, 0) is 64.8 Å². The van der Waals surface area contributed by atoms with Gasteiger partial charge in [-0.3, -0.25) is 4.98 Å². The topological polar surface area (TPSA) is 74.2 Å². The van der Waals surface area contributed by atoms with Crippen molar-refractivity contribution in [1.29, 1.82) is 0 Å². The molecule has 0 atom stereocenters. The van der Waals surface area contributed by atoms with E-state index in [1.54, 1.807) is 18.3 Å². The normalized spacial score (nSPS) is 18.5. The highest BCUT2D eigenvalue weighted by Crippen LogP contribution is 2.37. The Morgan fingerprint density at radius 2 is 1.73 bits per heavy atom. The van der Waals surface area contributed by atoms with E-state index in [1.807, 2.05) is 18.2 Å². The second-order valence-corrected chi connectivity index (χ2v) is 9.90. The molecule has 30 heavy (non-hydrogen) atoms. The van der Waals surface area contributed by atoms with E-state index in [4.69, 9.17) is 11.6 Å². The lowest BCUT2D eigenvalue weighted by Gasteiger charge is -2.49. The zero-order valence-corrected chi connectivity index (χ0v) is 18.8. The number of hydrogen-bond donors (Lipinski definition) is 2. The highest BCUT2D eigenvalue weighted by Gasteiger charge is 2.39. The maximum atomic E-state index is 10.7. The quantitative estimate of drug-likeness (QED) is 0.628. The van der Waals surface area contributed by atoms with Gasteiger partial charge in [0.2, 0.25) is 0 Å². The van der Waals surface area contributed by atoms with E-state index in [2.05, 4.69) is 60.1 Å². The highest BCUT2D eigenvalue weighted by molar-refractivity contribution is 6.35. The molecule has 1 aromatic carbocycles. The molecule has 0 amide bonds. The van der Waals surface area contributed by atoms with Crippen LogP contribution in [0.4, 0.5) is 5.82 Å². The fourth-order valence-corrected chi connectivity index (χ4v) is 4.97. The van der Waals surface area contributed by atoms with Gasteiger partial charge in [-0.2, -0.15) is 0 Å². The fraction of sp³-hybridized carbons (Fsp3) is 0.435. The third kappa shape index (κ3) is 3.94. The summed E-state index contributed by atoms with van der Waals surface area (Å²) in [4.78, 5) is 6.48. The van der Waals surface area contributed by atoms with Crippen molar-refractivity contribution >= 4 is 28.3 Å².